The standard InChI is InChI=1S/C33H43BrN4O5S/c1-4-37(5-2)23-14-10-21(11-15-23)36-31(41)29-33-20-25(34)28(44-33)26(27(33)32(42)38(29)18-8-7-9-19-39)30(40)35-22-12-16-24(17-13-22)43-6-3/h10-17,25-29,39H,4-9,18-20H2,1-3H3,(H,35,40)(H,36,41)/t25?,26-,27-,28-,29?,33?/m0/s1. The number of likely N-dealkylation sites (tertiary alicyclic amines) is 1. The van der Waals surface area contributed by atoms with Crippen LogP contribution in [-0.2, 0) is 14.4 Å². The molecule has 3 N–H and O–H groups in total. The molecule has 0 aromatic heterocycles. The Bertz CT molecular complexity index is 1320. The Labute approximate surface area is 272 Å². The van der Waals surface area contributed by atoms with Crippen molar-refractivity contribution in [3.05, 3.63) is 48.5 Å². The molecule has 3 saturated heterocycles. The van der Waals surface area contributed by atoms with E-state index in [1.54, 1.807) is 28.8 Å². The van der Waals surface area contributed by atoms with Gasteiger partial charge in [-0.15, -0.1) is 11.8 Å². The van der Waals surface area contributed by atoms with E-state index in [-0.39, 0.29) is 34.4 Å². The van der Waals surface area contributed by atoms with Crippen molar-refractivity contribution >= 4 is 62.5 Å². The van der Waals surface area contributed by atoms with Gasteiger partial charge in [0.25, 0.3) is 0 Å². The smallest absolute Gasteiger partial charge is 0.248 e. The predicted octanol–water partition coefficient (Wildman–Crippen LogP) is 5.14. The molecule has 2 aromatic carbocycles. The molecule has 9 nitrogen and oxygen atoms in total. The summed E-state index contributed by atoms with van der Waals surface area (Å²) in [6, 6.07) is 14.3. The minimum absolute atomic E-state index is 0.00868. The number of ether oxygens (including phenoxy) is 1. The van der Waals surface area contributed by atoms with Crippen molar-refractivity contribution in [3.63, 3.8) is 0 Å². The maximum absolute atomic E-state index is 14.2. The van der Waals surface area contributed by atoms with Crippen LogP contribution in [0.5, 0.6) is 5.75 Å². The zero-order valence-corrected chi connectivity index (χ0v) is 28.0. The Balaban J connectivity index is 1.41. The van der Waals surface area contributed by atoms with Crippen LogP contribution in [0.4, 0.5) is 17.1 Å². The number of amides is 3. The molecule has 0 aliphatic carbocycles. The van der Waals surface area contributed by atoms with E-state index in [1.807, 2.05) is 43.3 Å². The largest absolute Gasteiger partial charge is 0.494 e. The van der Waals surface area contributed by atoms with E-state index in [0.717, 1.165) is 30.9 Å². The van der Waals surface area contributed by atoms with Crippen molar-refractivity contribution in [1.82, 2.24) is 4.90 Å². The highest BCUT2D eigenvalue weighted by molar-refractivity contribution is 9.09. The van der Waals surface area contributed by atoms with Gasteiger partial charge in [-0.1, -0.05) is 15.9 Å². The number of halogens is 1. The number of carbonyl (C=O) groups is 3. The maximum Gasteiger partial charge on any atom is 0.248 e. The fraction of sp³-hybridized carbons (Fsp3) is 0.545. The van der Waals surface area contributed by atoms with Crippen molar-refractivity contribution in [2.45, 2.75) is 67.3 Å². The topological polar surface area (TPSA) is 111 Å². The molecule has 3 aliphatic heterocycles. The molecular formula is C33H43BrN4O5S. The molecule has 11 heteroatoms. The quantitative estimate of drug-likeness (QED) is 0.187. The van der Waals surface area contributed by atoms with Gasteiger partial charge >= 0.3 is 0 Å². The third-order valence-corrected chi connectivity index (χ3v) is 12.3. The van der Waals surface area contributed by atoms with E-state index < -0.39 is 22.6 Å². The first-order valence-electron chi connectivity index (χ1n) is 15.7. The highest BCUT2D eigenvalue weighted by Crippen LogP contribution is 2.67. The second-order valence-corrected chi connectivity index (χ2v) is 14.4. The Hall–Kier alpha value is -2.76. The Morgan fingerprint density at radius 2 is 1.64 bits per heavy atom. The third-order valence-electron chi connectivity index (χ3n) is 9.09. The summed E-state index contributed by atoms with van der Waals surface area (Å²) < 4.78 is 4.80. The number of nitrogens with one attached hydrogen (secondary N) is 2. The summed E-state index contributed by atoms with van der Waals surface area (Å²) in [5, 5.41) is 15.3. The maximum atomic E-state index is 14.2. The fourth-order valence-corrected chi connectivity index (χ4v) is 10.7. The van der Waals surface area contributed by atoms with Crippen LogP contribution in [-0.4, -0.2) is 81.4 Å². The summed E-state index contributed by atoms with van der Waals surface area (Å²) >= 11 is 5.45. The van der Waals surface area contributed by atoms with Gasteiger partial charge in [0, 0.05) is 53.4 Å². The van der Waals surface area contributed by atoms with E-state index in [9.17, 15) is 19.5 Å². The Kier molecular flexibility index (Phi) is 10.5. The lowest BCUT2D eigenvalue weighted by Crippen LogP contribution is -2.52. The Morgan fingerprint density at radius 1 is 1.00 bits per heavy atom. The number of rotatable bonds is 14. The van der Waals surface area contributed by atoms with Crippen molar-refractivity contribution in [2.24, 2.45) is 11.8 Å². The van der Waals surface area contributed by atoms with E-state index in [2.05, 4.69) is 45.3 Å². The molecule has 3 amide bonds. The van der Waals surface area contributed by atoms with Gasteiger partial charge in [-0.3, -0.25) is 14.4 Å². The van der Waals surface area contributed by atoms with Crippen LogP contribution in [0.2, 0.25) is 0 Å². The summed E-state index contributed by atoms with van der Waals surface area (Å²) in [5.74, 6) is -1.02. The van der Waals surface area contributed by atoms with Crippen molar-refractivity contribution < 1.29 is 24.2 Å². The molecule has 5 rings (SSSR count). The number of nitrogens with zero attached hydrogens (tertiary/aromatic N) is 2. The van der Waals surface area contributed by atoms with Crippen LogP contribution in [0.1, 0.15) is 46.5 Å². The number of aliphatic hydroxyl groups is 1. The summed E-state index contributed by atoms with van der Waals surface area (Å²) in [4.78, 5) is 46.2. The molecule has 3 unspecified atom stereocenters. The first kappa shape index (κ1) is 32.6. The summed E-state index contributed by atoms with van der Waals surface area (Å²) in [5.41, 5.74) is 2.40. The average molecular weight is 688 g/mol. The lowest BCUT2D eigenvalue weighted by molar-refractivity contribution is -0.138. The normalized spacial score (nSPS) is 26.9. The number of fused-ring (bicyclic) bond motifs is 1. The van der Waals surface area contributed by atoms with E-state index >= 15 is 0 Å². The number of carbonyl (C=O) groups excluding carboxylic acids is 3. The van der Waals surface area contributed by atoms with Crippen LogP contribution in [0, 0.1) is 11.8 Å². The second-order valence-electron chi connectivity index (χ2n) is 11.6. The van der Waals surface area contributed by atoms with Gasteiger partial charge in [0.05, 0.1) is 23.2 Å². The molecule has 1 spiro atoms. The molecule has 238 valence electrons. The van der Waals surface area contributed by atoms with Gasteiger partial charge in [0.15, 0.2) is 0 Å². The zero-order chi connectivity index (χ0) is 31.4. The van der Waals surface area contributed by atoms with E-state index in [0.29, 0.717) is 43.8 Å². The number of anilines is 3. The van der Waals surface area contributed by atoms with Crippen LogP contribution >= 0.6 is 27.7 Å². The number of unbranched alkanes of at least 4 members (excludes halogenated alkanes) is 2. The first-order chi connectivity index (χ1) is 21.3. The summed E-state index contributed by atoms with van der Waals surface area (Å²) in [6.45, 7) is 8.96. The third kappa shape index (κ3) is 6.20. The number of benzene rings is 2. The molecule has 3 heterocycles. The lowest BCUT2D eigenvalue weighted by Gasteiger charge is -2.35. The van der Waals surface area contributed by atoms with Crippen molar-refractivity contribution in [1.29, 1.82) is 0 Å². The first-order valence-corrected chi connectivity index (χ1v) is 17.5. The van der Waals surface area contributed by atoms with E-state index in [1.165, 1.54) is 0 Å². The monoisotopic (exact) mass is 686 g/mol. The van der Waals surface area contributed by atoms with Crippen molar-refractivity contribution in [3.8, 4) is 5.75 Å². The van der Waals surface area contributed by atoms with Gasteiger partial charge in [0.1, 0.15) is 11.8 Å². The van der Waals surface area contributed by atoms with Gasteiger partial charge in [-0.05, 0) is 95.0 Å². The van der Waals surface area contributed by atoms with Crippen molar-refractivity contribution in [2.75, 3.05) is 48.4 Å². The van der Waals surface area contributed by atoms with Gasteiger partial charge < -0.3 is 30.3 Å². The predicted molar refractivity (Wildman–Crippen MR) is 180 cm³/mol. The van der Waals surface area contributed by atoms with Crippen LogP contribution in [0.25, 0.3) is 0 Å². The zero-order valence-electron chi connectivity index (χ0n) is 25.6. The molecule has 2 aromatic rings. The van der Waals surface area contributed by atoms with Gasteiger partial charge in [-0.25, -0.2) is 0 Å². The molecule has 6 atom stereocenters. The molecule has 3 fully saturated rings. The van der Waals surface area contributed by atoms with E-state index in [4.69, 9.17) is 4.74 Å². The summed E-state index contributed by atoms with van der Waals surface area (Å²) in [7, 11) is 0. The van der Waals surface area contributed by atoms with Gasteiger partial charge in [-0.2, -0.15) is 0 Å². The highest BCUT2D eigenvalue weighted by Gasteiger charge is 2.75. The Morgan fingerprint density at radius 3 is 2.25 bits per heavy atom. The molecule has 0 saturated carbocycles. The molecule has 0 radical (unpaired) electrons. The number of thioether (sulfide) groups is 1. The molecule has 3 aliphatic rings. The number of aliphatic hydroxyl groups excluding tert-OH is 1. The fourth-order valence-electron chi connectivity index (χ4n) is 7.12. The van der Waals surface area contributed by atoms with Crippen LogP contribution in [0.15, 0.2) is 48.5 Å². The lowest BCUT2D eigenvalue weighted by atomic mass is 9.70. The SMILES string of the molecule is CCOc1ccc(NC(=O)[C@H]2[C@H]3C(=O)N(CCCCCO)C(C(=O)Nc4ccc(N(CC)CC)cc4)C34CC(Br)[C@@H]2S4)cc1. The average Bonchev–Trinajstić information content (AvgIpc) is 3.61. The minimum Gasteiger partial charge on any atom is -0.494 e. The second kappa shape index (κ2) is 14.1. The molecule has 2 bridgehead atoms. The minimum atomic E-state index is -0.723. The van der Waals surface area contributed by atoms with Crippen LogP contribution < -0.4 is 20.3 Å². The highest BCUT2D eigenvalue weighted by atomic mass is 79.9. The number of hydrogen-bond donors (Lipinski definition) is 3. The van der Waals surface area contributed by atoms with Gasteiger partial charge in [0.2, 0.25) is 17.7 Å². The number of alkyl halides is 1. The van der Waals surface area contributed by atoms with Crippen LogP contribution in [0.3, 0.4) is 0 Å². The summed E-state index contributed by atoms with van der Waals surface area (Å²) in [6.07, 6.45) is 2.68. The number of hydrogen-bond acceptors (Lipinski definition) is 7. The molecule has 44 heavy (non-hydrogen) atoms. The molecular weight excluding hydrogens is 644 g/mol.